The van der Waals surface area contributed by atoms with Gasteiger partial charge in [-0.2, -0.15) is 0 Å². The lowest BCUT2D eigenvalue weighted by Gasteiger charge is -2.59. The van der Waals surface area contributed by atoms with Crippen molar-refractivity contribution in [3.8, 4) is 12.3 Å². The quantitative estimate of drug-likeness (QED) is 0.466. The molecule has 0 aliphatic heterocycles. The Morgan fingerprint density at radius 3 is 2.48 bits per heavy atom. The van der Waals surface area contributed by atoms with Gasteiger partial charge in [-0.3, -0.25) is 0 Å². The summed E-state index contributed by atoms with van der Waals surface area (Å²) in [5, 5.41) is 31.8. The fraction of sp³-hybridized carbons (Fsp3) is 0.810. The van der Waals surface area contributed by atoms with Crippen molar-refractivity contribution in [1.29, 1.82) is 0 Å². The van der Waals surface area contributed by atoms with Crippen LogP contribution >= 0.6 is 0 Å². The number of aliphatic hydroxyl groups excluding tert-OH is 2. The molecule has 4 aliphatic rings. The fourth-order valence-electron chi connectivity index (χ4n) is 6.91. The van der Waals surface area contributed by atoms with Gasteiger partial charge < -0.3 is 15.3 Å². The van der Waals surface area contributed by atoms with Crippen LogP contribution in [-0.2, 0) is 0 Å². The van der Waals surface area contributed by atoms with Gasteiger partial charge in [0.1, 0.15) is 11.8 Å². The summed E-state index contributed by atoms with van der Waals surface area (Å²) in [7, 11) is 0. The molecule has 3 fully saturated rings. The Labute approximate surface area is 149 Å². The summed E-state index contributed by atoms with van der Waals surface area (Å²) >= 11 is 0. The number of hydrogen-bond donors (Lipinski definition) is 3. The molecule has 0 bridgehead atoms. The minimum atomic E-state index is -1.38. The summed E-state index contributed by atoms with van der Waals surface area (Å²) in [6.45, 7) is 4.17. The van der Waals surface area contributed by atoms with Crippen LogP contribution in [0.4, 0.5) is 4.39 Å². The second-order valence-electron chi connectivity index (χ2n) is 9.33. The second-order valence-corrected chi connectivity index (χ2v) is 9.33. The van der Waals surface area contributed by atoms with Gasteiger partial charge in [0.2, 0.25) is 0 Å². The first-order valence-electron chi connectivity index (χ1n) is 9.60. The van der Waals surface area contributed by atoms with Crippen LogP contribution in [0.2, 0.25) is 0 Å². The van der Waals surface area contributed by atoms with Crippen molar-refractivity contribution in [2.45, 2.75) is 76.4 Å². The molecule has 0 saturated heterocycles. The van der Waals surface area contributed by atoms with Gasteiger partial charge in [-0.25, -0.2) is 4.39 Å². The predicted molar refractivity (Wildman–Crippen MR) is 93.2 cm³/mol. The normalized spacial score (nSPS) is 57.7. The van der Waals surface area contributed by atoms with E-state index in [0.717, 1.165) is 25.7 Å². The van der Waals surface area contributed by atoms with Crippen LogP contribution in [0.15, 0.2) is 11.6 Å². The largest absolute Gasteiger partial charge is 0.390 e. The van der Waals surface area contributed by atoms with Crippen molar-refractivity contribution >= 4 is 0 Å². The first-order valence-corrected chi connectivity index (χ1v) is 9.60. The first-order chi connectivity index (χ1) is 11.7. The number of terminal acetylenes is 1. The molecule has 138 valence electrons. The van der Waals surface area contributed by atoms with E-state index in [1.165, 1.54) is 0 Å². The zero-order valence-electron chi connectivity index (χ0n) is 15.1. The van der Waals surface area contributed by atoms with Gasteiger partial charge in [-0.15, -0.1) is 6.42 Å². The van der Waals surface area contributed by atoms with Crippen molar-refractivity contribution in [2.24, 2.45) is 28.6 Å². The van der Waals surface area contributed by atoms with E-state index in [0.29, 0.717) is 18.4 Å². The van der Waals surface area contributed by atoms with Crippen LogP contribution in [-0.4, -0.2) is 39.3 Å². The highest BCUT2D eigenvalue weighted by molar-refractivity contribution is 5.33. The van der Waals surface area contributed by atoms with E-state index >= 15 is 0 Å². The van der Waals surface area contributed by atoms with Crippen LogP contribution in [0.25, 0.3) is 0 Å². The van der Waals surface area contributed by atoms with Crippen molar-refractivity contribution in [3.05, 3.63) is 11.6 Å². The van der Waals surface area contributed by atoms with Gasteiger partial charge in [0.15, 0.2) is 0 Å². The fourth-order valence-corrected chi connectivity index (χ4v) is 6.91. The lowest BCUT2D eigenvalue weighted by atomic mass is 9.46. The number of hydrogen-bond acceptors (Lipinski definition) is 3. The number of rotatable bonds is 0. The Hall–Kier alpha value is -0.890. The monoisotopic (exact) mass is 348 g/mol. The molecule has 0 aromatic carbocycles. The van der Waals surface area contributed by atoms with Gasteiger partial charge in [0.25, 0.3) is 0 Å². The van der Waals surface area contributed by atoms with E-state index in [1.807, 2.05) is 0 Å². The average molecular weight is 348 g/mol. The predicted octanol–water partition coefficient (Wildman–Crippen LogP) is 2.59. The van der Waals surface area contributed by atoms with Crippen molar-refractivity contribution in [1.82, 2.24) is 0 Å². The maximum Gasteiger partial charge on any atom is 0.148 e. The summed E-state index contributed by atoms with van der Waals surface area (Å²) in [6.07, 6.45) is 8.48. The van der Waals surface area contributed by atoms with E-state index in [4.69, 9.17) is 6.42 Å². The minimum Gasteiger partial charge on any atom is -0.390 e. The maximum atomic E-state index is 14.7. The summed E-state index contributed by atoms with van der Waals surface area (Å²) in [5.74, 6) is 2.95. The van der Waals surface area contributed by atoms with Crippen molar-refractivity contribution < 1.29 is 19.7 Å². The number of halogens is 1. The third-order valence-corrected chi connectivity index (χ3v) is 8.54. The summed E-state index contributed by atoms with van der Waals surface area (Å²) in [5.41, 5.74) is -1.23. The van der Waals surface area contributed by atoms with Gasteiger partial charge in [0, 0.05) is 5.41 Å². The molecule has 0 unspecified atom stereocenters. The minimum absolute atomic E-state index is 0.00248. The Kier molecular flexibility index (Phi) is 3.72. The molecular weight excluding hydrogens is 319 g/mol. The van der Waals surface area contributed by atoms with Gasteiger partial charge in [-0.05, 0) is 67.3 Å². The van der Waals surface area contributed by atoms with Crippen LogP contribution in [0.5, 0.6) is 0 Å². The van der Waals surface area contributed by atoms with E-state index in [1.54, 1.807) is 6.08 Å². The first kappa shape index (κ1) is 17.5. The molecule has 0 aromatic heterocycles. The summed E-state index contributed by atoms with van der Waals surface area (Å²) < 4.78 is 14.7. The van der Waals surface area contributed by atoms with Crippen molar-refractivity contribution in [2.75, 3.05) is 0 Å². The second kappa shape index (κ2) is 5.31. The SMILES string of the molecule is C#C[C@]1(O)CC[C@H]2[C@@H]3[C@@H](O)C=C4[C@H](F)[C@H](O)CC[C@]4(C)[C@H]3CC[C@@]21C. The van der Waals surface area contributed by atoms with Crippen LogP contribution < -0.4 is 0 Å². The average Bonchev–Trinajstić information content (AvgIpc) is 2.86. The van der Waals surface area contributed by atoms with E-state index in [9.17, 15) is 19.7 Å². The molecule has 4 heteroatoms. The van der Waals surface area contributed by atoms with Gasteiger partial charge in [0.05, 0.1) is 12.2 Å². The van der Waals surface area contributed by atoms with E-state index < -0.39 is 29.4 Å². The summed E-state index contributed by atoms with van der Waals surface area (Å²) in [6, 6.07) is 0. The molecule has 3 N–H and O–H groups in total. The molecule has 4 rings (SSSR count). The van der Waals surface area contributed by atoms with Crippen molar-refractivity contribution in [3.63, 3.8) is 0 Å². The van der Waals surface area contributed by atoms with Crippen LogP contribution in [0.1, 0.15) is 52.4 Å². The highest BCUT2D eigenvalue weighted by atomic mass is 19.1. The van der Waals surface area contributed by atoms with E-state index in [-0.39, 0.29) is 23.2 Å². The molecule has 0 aromatic rings. The Morgan fingerprint density at radius 2 is 1.80 bits per heavy atom. The number of aliphatic hydroxyl groups is 3. The van der Waals surface area contributed by atoms with E-state index in [2.05, 4.69) is 19.8 Å². The topological polar surface area (TPSA) is 60.7 Å². The number of fused-ring (bicyclic) bond motifs is 5. The maximum absolute atomic E-state index is 14.7. The summed E-state index contributed by atoms with van der Waals surface area (Å²) in [4.78, 5) is 0. The Morgan fingerprint density at radius 1 is 1.12 bits per heavy atom. The molecule has 3 nitrogen and oxygen atoms in total. The van der Waals surface area contributed by atoms with Crippen LogP contribution in [0, 0.1) is 40.9 Å². The highest BCUT2D eigenvalue weighted by Gasteiger charge is 2.65. The number of alkyl halides is 1. The van der Waals surface area contributed by atoms with Crippen LogP contribution in [0.3, 0.4) is 0 Å². The third kappa shape index (κ3) is 2.04. The molecular formula is C21H29FO3. The molecule has 0 spiro atoms. The molecule has 3 saturated carbocycles. The third-order valence-electron chi connectivity index (χ3n) is 8.54. The molecule has 4 aliphatic carbocycles. The highest BCUT2D eigenvalue weighted by Crippen LogP contribution is 2.67. The standard InChI is InChI=1S/C21H29FO3/c1-4-21(25)10-6-13-17-12(5-9-20(13,21)3)19(2)8-7-15(23)18(22)14(19)11-16(17)24/h1,11-13,15-18,23-25H,5-10H2,2-3H3/t12-,13-,15+,16-,17+,18-,19+,20-,21-/m0/s1. The lowest BCUT2D eigenvalue weighted by Crippen LogP contribution is -2.58. The van der Waals surface area contributed by atoms with Gasteiger partial charge >= 0.3 is 0 Å². The Bertz CT molecular complexity index is 654. The molecule has 0 heterocycles. The zero-order chi connectivity index (χ0) is 18.2. The molecule has 25 heavy (non-hydrogen) atoms. The molecule has 9 atom stereocenters. The lowest BCUT2D eigenvalue weighted by molar-refractivity contribution is -0.127. The zero-order valence-corrected chi connectivity index (χ0v) is 15.1. The molecule has 0 amide bonds. The molecule has 0 radical (unpaired) electrons. The van der Waals surface area contributed by atoms with Gasteiger partial charge in [-0.1, -0.05) is 25.8 Å². The Balaban J connectivity index is 1.77. The smallest absolute Gasteiger partial charge is 0.148 e.